The van der Waals surface area contributed by atoms with E-state index in [0.717, 1.165) is 45.9 Å². The molecule has 0 radical (unpaired) electrons. The number of thiophene rings is 1. The van der Waals surface area contributed by atoms with Gasteiger partial charge in [0.1, 0.15) is 11.2 Å². The Bertz CT molecular complexity index is 1180. The van der Waals surface area contributed by atoms with Gasteiger partial charge in [0.25, 0.3) is 5.56 Å². The first-order valence-electron chi connectivity index (χ1n) is 8.43. The summed E-state index contributed by atoms with van der Waals surface area (Å²) in [5.41, 5.74) is 3.13. The van der Waals surface area contributed by atoms with E-state index in [1.165, 1.54) is 27.9 Å². The lowest BCUT2D eigenvalue weighted by Gasteiger charge is -2.09. The standard InChI is InChI=1S/C19H16N4OS/c24-19-17-14-6-2-4-8-16(14)25-18(17)21-11-23(19)22-10-12-9-20-15-7-3-1-5-13(12)15/h1,3,5,7,9-11,20H,2,4,6,8H2. The van der Waals surface area contributed by atoms with Gasteiger partial charge in [-0.15, -0.1) is 11.3 Å². The molecule has 6 heteroatoms. The Balaban J connectivity index is 1.61. The summed E-state index contributed by atoms with van der Waals surface area (Å²) in [6, 6.07) is 8.03. The highest BCUT2D eigenvalue weighted by Crippen LogP contribution is 2.33. The van der Waals surface area contributed by atoms with E-state index in [4.69, 9.17) is 0 Å². The summed E-state index contributed by atoms with van der Waals surface area (Å²) in [5, 5.41) is 6.23. The molecule has 0 saturated carbocycles. The SMILES string of the molecule is O=c1c2c3c(sc2ncn1N=Cc1c[nH]c2ccccc12)CCCC3. The minimum absolute atomic E-state index is 0.0690. The van der Waals surface area contributed by atoms with Crippen LogP contribution in [0.5, 0.6) is 0 Å². The second kappa shape index (κ2) is 5.67. The monoisotopic (exact) mass is 348 g/mol. The van der Waals surface area contributed by atoms with Crippen LogP contribution in [0.1, 0.15) is 28.8 Å². The first kappa shape index (κ1) is 14.6. The van der Waals surface area contributed by atoms with Gasteiger partial charge in [-0.25, -0.2) is 4.98 Å². The summed E-state index contributed by atoms with van der Waals surface area (Å²) < 4.78 is 1.35. The van der Waals surface area contributed by atoms with Crippen molar-refractivity contribution in [3.63, 3.8) is 0 Å². The summed E-state index contributed by atoms with van der Waals surface area (Å²) >= 11 is 1.66. The molecular weight excluding hydrogens is 332 g/mol. The number of nitrogens with zero attached hydrogens (tertiary/aromatic N) is 3. The Morgan fingerprint density at radius 1 is 1.24 bits per heavy atom. The van der Waals surface area contributed by atoms with Gasteiger partial charge in [-0.1, -0.05) is 18.2 Å². The Labute approximate surface area is 147 Å². The van der Waals surface area contributed by atoms with E-state index in [-0.39, 0.29) is 5.56 Å². The number of aromatic amines is 1. The maximum atomic E-state index is 12.9. The molecular formula is C19H16N4OS. The van der Waals surface area contributed by atoms with Gasteiger partial charge in [-0.05, 0) is 37.3 Å². The number of nitrogens with one attached hydrogen (secondary N) is 1. The largest absolute Gasteiger partial charge is 0.361 e. The molecule has 0 spiro atoms. The Morgan fingerprint density at radius 3 is 3.08 bits per heavy atom. The lowest BCUT2D eigenvalue weighted by atomic mass is 9.97. The predicted octanol–water partition coefficient (Wildman–Crippen LogP) is 3.70. The minimum atomic E-state index is -0.0690. The van der Waals surface area contributed by atoms with Crippen LogP contribution in [0.4, 0.5) is 0 Å². The predicted molar refractivity (Wildman–Crippen MR) is 102 cm³/mol. The fourth-order valence-corrected chi connectivity index (χ4v) is 4.76. The summed E-state index contributed by atoms with van der Waals surface area (Å²) in [4.78, 5) is 22.7. The third-order valence-corrected chi connectivity index (χ3v) is 6.00. The average Bonchev–Trinajstić information content (AvgIpc) is 3.22. The summed E-state index contributed by atoms with van der Waals surface area (Å²) in [7, 11) is 0. The number of rotatable bonds is 2. The summed E-state index contributed by atoms with van der Waals surface area (Å²) in [5.74, 6) is 0. The van der Waals surface area contributed by atoms with Crippen molar-refractivity contribution in [3.05, 3.63) is 63.1 Å². The zero-order valence-electron chi connectivity index (χ0n) is 13.5. The van der Waals surface area contributed by atoms with Gasteiger partial charge in [0, 0.05) is 27.5 Å². The van der Waals surface area contributed by atoms with Crippen LogP contribution in [-0.4, -0.2) is 20.9 Å². The van der Waals surface area contributed by atoms with Crippen molar-refractivity contribution >= 4 is 38.7 Å². The van der Waals surface area contributed by atoms with Crippen molar-refractivity contribution in [1.82, 2.24) is 14.6 Å². The molecule has 25 heavy (non-hydrogen) atoms. The first-order chi connectivity index (χ1) is 12.3. The topological polar surface area (TPSA) is 63.0 Å². The smallest absolute Gasteiger partial charge is 0.282 e. The van der Waals surface area contributed by atoms with E-state index in [1.807, 2.05) is 30.5 Å². The van der Waals surface area contributed by atoms with Crippen molar-refractivity contribution in [1.29, 1.82) is 0 Å². The number of fused-ring (bicyclic) bond motifs is 4. The van der Waals surface area contributed by atoms with Crippen LogP contribution in [0.3, 0.4) is 0 Å². The third-order valence-electron chi connectivity index (χ3n) is 4.80. The fraction of sp³-hybridized carbons (Fsp3) is 0.211. The first-order valence-corrected chi connectivity index (χ1v) is 9.25. The Kier molecular flexibility index (Phi) is 3.31. The van der Waals surface area contributed by atoms with Gasteiger partial charge in [-0.3, -0.25) is 4.79 Å². The highest BCUT2D eigenvalue weighted by Gasteiger charge is 2.19. The highest BCUT2D eigenvalue weighted by molar-refractivity contribution is 7.18. The second-order valence-electron chi connectivity index (χ2n) is 6.32. The van der Waals surface area contributed by atoms with Gasteiger partial charge in [0.2, 0.25) is 0 Å². The second-order valence-corrected chi connectivity index (χ2v) is 7.40. The molecule has 1 aromatic carbocycles. The van der Waals surface area contributed by atoms with Crippen molar-refractivity contribution in [2.45, 2.75) is 25.7 Å². The maximum Gasteiger partial charge on any atom is 0.282 e. The van der Waals surface area contributed by atoms with Gasteiger partial charge < -0.3 is 4.98 Å². The zero-order valence-corrected chi connectivity index (χ0v) is 14.3. The summed E-state index contributed by atoms with van der Waals surface area (Å²) in [6.45, 7) is 0. The Morgan fingerprint density at radius 2 is 2.12 bits per heavy atom. The van der Waals surface area contributed by atoms with Crippen LogP contribution < -0.4 is 5.56 Å². The summed E-state index contributed by atoms with van der Waals surface area (Å²) in [6.07, 6.45) is 9.53. The molecule has 1 aliphatic carbocycles. The molecule has 4 aromatic rings. The van der Waals surface area contributed by atoms with Crippen LogP contribution in [0.15, 0.2) is 46.7 Å². The number of hydrogen-bond acceptors (Lipinski definition) is 4. The molecule has 3 aromatic heterocycles. The molecule has 0 fully saturated rings. The number of hydrogen-bond donors (Lipinski definition) is 1. The molecule has 124 valence electrons. The molecule has 3 heterocycles. The van der Waals surface area contributed by atoms with E-state index in [9.17, 15) is 4.79 Å². The van der Waals surface area contributed by atoms with Crippen LogP contribution in [0.25, 0.3) is 21.1 Å². The fourth-order valence-electron chi connectivity index (χ4n) is 3.54. The molecule has 0 aliphatic heterocycles. The Hall–Kier alpha value is -2.73. The van der Waals surface area contributed by atoms with Crippen molar-refractivity contribution in [3.8, 4) is 0 Å². The molecule has 0 unspecified atom stereocenters. The van der Waals surface area contributed by atoms with Crippen LogP contribution in [0, 0.1) is 0 Å². The number of aryl methyl sites for hydroxylation is 2. The van der Waals surface area contributed by atoms with Gasteiger partial charge in [0.15, 0.2) is 0 Å². The molecule has 0 atom stereocenters. The molecule has 0 amide bonds. The van der Waals surface area contributed by atoms with E-state index in [2.05, 4.69) is 15.1 Å². The molecule has 5 rings (SSSR count). The van der Waals surface area contributed by atoms with E-state index >= 15 is 0 Å². The number of aromatic nitrogens is 3. The normalized spacial score (nSPS) is 14.6. The average molecular weight is 348 g/mol. The van der Waals surface area contributed by atoms with Crippen LogP contribution in [-0.2, 0) is 12.8 Å². The van der Waals surface area contributed by atoms with E-state index in [0.29, 0.717) is 0 Å². The zero-order chi connectivity index (χ0) is 16.8. The van der Waals surface area contributed by atoms with Crippen LogP contribution in [0.2, 0.25) is 0 Å². The van der Waals surface area contributed by atoms with Crippen LogP contribution >= 0.6 is 11.3 Å². The van der Waals surface area contributed by atoms with Crippen molar-refractivity contribution < 1.29 is 0 Å². The van der Waals surface area contributed by atoms with Crippen molar-refractivity contribution in [2.24, 2.45) is 5.10 Å². The molecule has 5 nitrogen and oxygen atoms in total. The highest BCUT2D eigenvalue weighted by atomic mass is 32.1. The molecule has 0 saturated heterocycles. The number of para-hydroxylation sites is 1. The van der Waals surface area contributed by atoms with Crippen molar-refractivity contribution in [2.75, 3.05) is 0 Å². The minimum Gasteiger partial charge on any atom is -0.361 e. The molecule has 1 N–H and O–H groups in total. The van der Waals surface area contributed by atoms with E-state index in [1.54, 1.807) is 17.6 Å². The van der Waals surface area contributed by atoms with Gasteiger partial charge in [0.05, 0.1) is 11.6 Å². The third kappa shape index (κ3) is 2.33. The van der Waals surface area contributed by atoms with Gasteiger partial charge >= 0.3 is 0 Å². The molecule has 1 aliphatic rings. The quantitative estimate of drug-likeness (QED) is 0.561. The van der Waals surface area contributed by atoms with E-state index < -0.39 is 0 Å². The maximum absolute atomic E-state index is 12.9. The van der Waals surface area contributed by atoms with Gasteiger partial charge in [-0.2, -0.15) is 9.78 Å². The lowest BCUT2D eigenvalue weighted by Crippen LogP contribution is -2.17. The molecule has 0 bridgehead atoms. The number of H-pyrrole nitrogens is 1. The number of benzene rings is 1. The lowest BCUT2D eigenvalue weighted by molar-refractivity contribution is 0.699.